The van der Waals surface area contributed by atoms with E-state index >= 15 is 0 Å². The molecule has 44 valence electrons. The predicted octanol–water partition coefficient (Wildman–Crippen LogP) is -1.56. The van der Waals surface area contributed by atoms with Gasteiger partial charge in [0.1, 0.15) is 0 Å². The van der Waals surface area contributed by atoms with Crippen LogP contribution in [0.25, 0.3) is 0 Å². The van der Waals surface area contributed by atoms with E-state index in [4.69, 9.17) is 0 Å². The molecule has 0 fully saturated rings. The van der Waals surface area contributed by atoms with Gasteiger partial charge in [0.2, 0.25) is 12.4 Å². The molecule has 4 nitrogen and oxygen atoms in total. The third kappa shape index (κ3) is 1.05. The molecule has 0 aromatic rings. The molecule has 1 heterocycles. The molecule has 1 unspecified atom stereocenters. The van der Waals surface area contributed by atoms with Gasteiger partial charge >= 0.3 is 0 Å². The molecule has 1 rings (SSSR count). The normalized spacial score (nSPS) is 27.6. The Hall–Kier alpha value is -0.870. The molecule has 0 spiro atoms. The Labute approximate surface area is 46.5 Å². The highest BCUT2D eigenvalue weighted by molar-refractivity contribution is 5.52. The largest absolute Gasteiger partial charge is 0.629 e. The van der Waals surface area contributed by atoms with Gasteiger partial charge in [0.25, 0.3) is 0 Å². The van der Waals surface area contributed by atoms with Crippen LogP contribution in [0.5, 0.6) is 0 Å². The number of hydrogen-bond donors (Lipinski definition) is 1. The monoisotopic (exact) mass is 114 g/mol. The fourth-order valence-corrected chi connectivity index (χ4v) is 0.465. The summed E-state index contributed by atoms with van der Waals surface area (Å²) in [7, 11) is 0. The summed E-state index contributed by atoms with van der Waals surface area (Å²) in [6.07, 6.45) is 3.77. The second-order valence-corrected chi connectivity index (χ2v) is 1.53. The van der Waals surface area contributed by atoms with Gasteiger partial charge < -0.3 is 15.5 Å². The topological polar surface area (TPSA) is 53.6 Å². The summed E-state index contributed by atoms with van der Waals surface area (Å²) >= 11 is 0. The zero-order chi connectivity index (χ0) is 5.98. The fourth-order valence-electron chi connectivity index (χ4n) is 0.465. The molecule has 1 aliphatic heterocycles. The van der Waals surface area contributed by atoms with Crippen LogP contribution in [0.1, 0.15) is 0 Å². The van der Waals surface area contributed by atoms with Gasteiger partial charge in [-0.15, -0.1) is 0 Å². The average molecular weight is 114 g/mol. The van der Waals surface area contributed by atoms with Crippen molar-refractivity contribution in [2.75, 3.05) is 6.54 Å². The molecule has 0 saturated carbocycles. The molecule has 0 radical (unpaired) electrons. The molecule has 1 atom stereocenters. The average Bonchev–Trinajstić information content (AvgIpc) is 1.77. The minimum Gasteiger partial charge on any atom is -0.629 e. The van der Waals surface area contributed by atoms with Crippen molar-refractivity contribution >= 4 is 6.21 Å². The summed E-state index contributed by atoms with van der Waals surface area (Å²) in [6, 6.07) is 0. The predicted molar refractivity (Wildman–Crippen MR) is 28.0 cm³/mol. The molecule has 0 aromatic carbocycles. The second-order valence-electron chi connectivity index (χ2n) is 1.53. The van der Waals surface area contributed by atoms with Crippen molar-refractivity contribution in [2.24, 2.45) is 0 Å². The van der Waals surface area contributed by atoms with Gasteiger partial charge in [-0.2, -0.15) is 4.74 Å². The van der Waals surface area contributed by atoms with Crippen LogP contribution in [-0.4, -0.2) is 17.5 Å². The van der Waals surface area contributed by atoms with E-state index in [2.05, 4.69) is 0 Å². The molecule has 0 aliphatic carbocycles. The van der Waals surface area contributed by atoms with Crippen molar-refractivity contribution < 1.29 is 9.80 Å². The Morgan fingerprint density at radius 2 is 2.38 bits per heavy atom. The number of hydrogen-bond acceptors (Lipinski definition) is 2. The van der Waals surface area contributed by atoms with E-state index in [0.29, 0.717) is 4.74 Å². The summed E-state index contributed by atoms with van der Waals surface area (Å²) in [6.45, 7) is 0.236. The molecule has 0 bridgehead atoms. The smallest absolute Gasteiger partial charge is 0.233 e. The summed E-state index contributed by atoms with van der Waals surface area (Å²) < 4.78 is 0.626. The standard InChI is InChI=1S/C4H6N2O2/c7-5-1-2-6(8)4-3-5/h1-3,6H,4H2. The van der Waals surface area contributed by atoms with Crippen molar-refractivity contribution in [3.63, 3.8) is 0 Å². The highest BCUT2D eigenvalue weighted by atomic mass is 16.5. The number of rotatable bonds is 0. The van der Waals surface area contributed by atoms with Crippen LogP contribution in [0.15, 0.2) is 12.4 Å². The molecule has 1 N–H and O–H groups in total. The van der Waals surface area contributed by atoms with Gasteiger partial charge in [0.15, 0.2) is 12.7 Å². The molecule has 1 aliphatic rings. The van der Waals surface area contributed by atoms with E-state index in [1.54, 1.807) is 0 Å². The fraction of sp³-hybridized carbons (Fsp3) is 0.250. The lowest BCUT2D eigenvalue weighted by Crippen LogP contribution is -3.03. The molecule has 0 saturated heterocycles. The lowest BCUT2D eigenvalue weighted by atomic mass is 10.6. The second kappa shape index (κ2) is 1.94. The Balaban J connectivity index is 2.58. The van der Waals surface area contributed by atoms with Crippen LogP contribution in [0.4, 0.5) is 0 Å². The zero-order valence-corrected chi connectivity index (χ0v) is 4.20. The number of nitrogens with zero attached hydrogens (tertiary/aromatic N) is 1. The lowest BCUT2D eigenvalue weighted by molar-refractivity contribution is -0.788. The summed E-state index contributed by atoms with van der Waals surface area (Å²) in [5.74, 6) is 0. The maximum absolute atomic E-state index is 10.3. The minimum absolute atomic E-state index is 0.0166. The summed E-state index contributed by atoms with van der Waals surface area (Å²) in [5.41, 5.74) is 0. The first-order chi connectivity index (χ1) is 3.79. The van der Waals surface area contributed by atoms with Crippen molar-refractivity contribution in [3.8, 4) is 0 Å². The lowest BCUT2D eigenvalue weighted by Gasteiger charge is -2.15. The van der Waals surface area contributed by atoms with Gasteiger partial charge in [-0.1, -0.05) is 0 Å². The quantitative estimate of drug-likeness (QED) is 0.305. The van der Waals surface area contributed by atoms with E-state index in [0.717, 1.165) is 0 Å². The third-order valence-corrected chi connectivity index (χ3v) is 0.880. The van der Waals surface area contributed by atoms with Crippen LogP contribution < -0.4 is 5.06 Å². The van der Waals surface area contributed by atoms with Crippen LogP contribution in [0, 0.1) is 10.4 Å². The Morgan fingerprint density at radius 3 is 2.75 bits per heavy atom. The van der Waals surface area contributed by atoms with Gasteiger partial charge in [-0.05, 0) is 0 Å². The van der Waals surface area contributed by atoms with E-state index in [1.165, 1.54) is 18.6 Å². The summed E-state index contributed by atoms with van der Waals surface area (Å²) in [5, 5.41) is 20.5. The maximum atomic E-state index is 10.3. The summed E-state index contributed by atoms with van der Waals surface area (Å²) in [4.78, 5) is 0. The van der Waals surface area contributed by atoms with E-state index in [1.807, 2.05) is 0 Å². The molecular formula is C4H6N2O2. The number of hydroxylamine groups is 3. The maximum Gasteiger partial charge on any atom is 0.233 e. The van der Waals surface area contributed by atoms with Crippen LogP contribution >= 0.6 is 0 Å². The van der Waals surface area contributed by atoms with Gasteiger partial charge in [0, 0.05) is 0 Å². The third-order valence-electron chi connectivity index (χ3n) is 0.880. The Morgan fingerprint density at radius 1 is 1.62 bits per heavy atom. The van der Waals surface area contributed by atoms with Gasteiger partial charge in [-0.3, -0.25) is 0 Å². The zero-order valence-electron chi connectivity index (χ0n) is 4.20. The number of quaternary nitrogens is 1. The van der Waals surface area contributed by atoms with Gasteiger partial charge in [-0.25, -0.2) is 0 Å². The highest BCUT2D eigenvalue weighted by Crippen LogP contribution is 1.70. The highest BCUT2D eigenvalue weighted by Gasteiger charge is 1.99. The van der Waals surface area contributed by atoms with E-state index in [-0.39, 0.29) is 11.6 Å². The molecule has 8 heavy (non-hydrogen) atoms. The SMILES string of the molecule is [O-][N+]1=CC[NH+]([O-])C=C1. The molecule has 0 aromatic heterocycles. The van der Waals surface area contributed by atoms with Crippen molar-refractivity contribution in [1.82, 2.24) is 0 Å². The van der Waals surface area contributed by atoms with Gasteiger partial charge in [0.05, 0.1) is 0 Å². The molecule has 4 heteroatoms. The first-order valence-electron chi connectivity index (χ1n) is 2.29. The van der Waals surface area contributed by atoms with Crippen molar-refractivity contribution in [3.05, 3.63) is 22.8 Å². The van der Waals surface area contributed by atoms with Crippen LogP contribution in [-0.2, 0) is 0 Å². The first kappa shape index (κ1) is 5.27. The Bertz CT molecular complexity index is 141. The minimum atomic E-state index is -0.0166. The van der Waals surface area contributed by atoms with E-state index < -0.39 is 0 Å². The first-order valence-corrected chi connectivity index (χ1v) is 2.29. The molecule has 0 amide bonds. The van der Waals surface area contributed by atoms with Crippen LogP contribution in [0.3, 0.4) is 0 Å². The molecular weight excluding hydrogens is 108 g/mol. The van der Waals surface area contributed by atoms with Crippen LogP contribution in [0.2, 0.25) is 0 Å². The van der Waals surface area contributed by atoms with Crippen molar-refractivity contribution in [2.45, 2.75) is 0 Å². The Kier molecular flexibility index (Phi) is 1.27. The van der Waals surface area contributed by atoms with Crippen molar-refractivity contribution in [1.29, 1.82) is 0 Å². The number of nitrogens with one attached hydrogen (secondary N) is 1. The van der Waals surface area contributed by atoms with E-state index in [9.17, 15) is 10.4 Å².